The second kappa shape index (κ2) is 5.39. The zero-order chi connectivity index (χ0) is 13.9. The van der Waals surface area contributed by atoms with Gasteiger partial charge in [0, 0.05) is 17.6 Å². The summed E-state index contributed by atoms with van der Waals surface area (Å²) in [5, 5.41) is 4.56. The zero-order valence-corrected chi connectivity index (χ0v) is 11.5. The molecule has 3 aromatic rings. The van der Waals surface area contributed by atoms with Crippen LogP contribution in [0.5, 0.6) is 0 Å². The maximum atomic E-state index is 5.90. The number of anilines is 1. The third-order valence-electron chi connectivity index (χ3n) is 3.50. The van der Waals surface area contributed by atoms with E-state index >= 15 is 0 Å². The predicted octanol–water partition coefficient (Wildman–Crippen LogP) is 3.85. The molecule has 0 aliphatic heterocycles. The van der Waals surface area contributed by atoms with Gasteiger partial charge in [0.05, 0.1) is 6.04 Å². The highest BCUT2D eigenvalue weighted by Gasteiger charge is 2.15. The molecule has 1 heterocycles. The number of aryl methyl sites for hydroxylation is 1. The summed E-state index contributed by atoms with van der Waals surface area (Å²) < 4.78 is 5.89. The number of rotatable bonds is 4. The molecular weight excluding hydrogens is 248 g/mol. The first-order chi connectivity index (χ1) is 9.78. The Bertz CT molecular complexity index is 685. The van der Waals surface area contributed by atoms with Gasteiger partial charge in [-0.1, -0.05) is 36.4 Å². The van der Waals surface area contributed by atoms with E-state index in [1.165, 1.54) is 5.56 Å². The quantitative estimate of drug-likeness (QED) is 0.754. The topological polar surface area (TPSA) is 51.2 Å². The van der Waals surface area contributed by atoms with E-state index in [0.717, 1.165) is 22.4 Å². The lowest BCUT2D eigenvalue weighted by Gasteiger charge is -2.17. The monoisotopic (exact) mass is 266 g/mol. The van der Waals surface area contributed by atoms with Crippen molar-refractivity contribution in [3.05, 3.63) is 65.9 Å². The number of fused-ring (bicyclic) bond motifs is 1. The molecule has 3 heteroatoms. The third kappa shape index (κ3) is 2.40. The van der Waals surface area contributed by atoms with Crippen molar-refractivity contribution in [3.63, 3.8) is 0 Å². The molecule has 1 aromatic heterocycles. The molecule has 0 saturated heterocycles. The van der Waals surface area contributed by atoms with Gasteiger partial charge in [-0.05, 0) is 30.7 Å². The molecule has 102 valence electrons. The standard InChI is InChI=1S/C17H18N2O/c1-12-6-2-4-8-14(12)19-15(11-18)17-10-13-7-3-5-9-16(13)20-17/h2-10,15,19H,11,18H2,1H3. The molecular formula is C17H18N2O. The number of benzene rings is 2. The van der Waals surface area contributed by atoms with Gasteiger partial charge in [-0.2, -0.15) is 0 Å². The van der Waals surface area contributed by atoms with Crippen LogP contribution in [0, 0.1) is 6.92 Å². The molecule has 0 spiro atoms. The normalized spacial score (nSPS) is 12.5. The fourth-order valence-corrected chi connectivity index (χ4v) is 2.34. The van der Waals surface area contributed by atoms with E-state index in [4.69, 9.17) is 10.2 Å². The summed E-state index contributed by atoms with van der Waals surface area (Å²) in [4.78, 5) is 0. The maximum Gasteiger partial charge on any atom is 0.134 e. The first kappa shape index (κ1) is 12.8. The van der Waals surface area contributed by atoms with Gasteiger partial charge in [-0.3, -0.25) is 0 Å². The Hall–Kier alpha value is -2.26. The molecule has 1 unspecified atom stereocenters. The van der Waals surface area contributed by atoms with Crippen molar-refractivity contribution < 1.29 is 4.42 Å². The van der Waals surface area contributed by atoms with Crippen molar-refractivity contribution in [1.29, 1.82) is 0 Å². The summed E-state index contributed by atoms with van der Waals surface area (Å²) in [5.74, 6) is 0.872. The van der Waals surface area contributed by atoms with Gasteiger partial charge in [0.15, 0.2) is 0 Å². The zero-order valence-electron chi connectivity index (χ0n) is 11.5. The molecule has 20 heavy (non-hydrogen) atoms. The highest BCUT2D eigenvalue weighted by atomic mass is 16.3. The summed E-state index contributed by atoms with van der Waals surface area (Å²) in [6.45, 7) is 2.56. The van der Waals surface area contributed by atoms with Gasteiger partial charge in [0.2, 0.25) is 0 Å². The highest BCUT2D eigenvalue weighted by Crippen LogP contribution is 2.26. The number of para-hydroxylation sites is 2. The number of nitrogens with two attached hydrogens (primary N) is 1. The number of nitrogens with one attached hydrogen (secondary N) is 1. The molecule has 0 fully saturated rings. The van der Waals surface area contributed by atoms with Crippen LogP contribution in [0.25, 0.3) is 11.0 Å². The Balaban J connectivity index is 1.91. The lowest BCUT2D eigenvalue weighted by atomic mass is 10.1. The second-order valence-electron chi connectivity index (χ2n) is 4.93. The Morgan fingerprint density at radius 2 is 1.85 bits per heavy atom. The molecule has 1 atom stereocenters. The Kier molecular flexibility index (Phi) is 3.44. The third-order valence-corrected chi connectivity index (χ3v) is 3.50. The Morgan fingerprint density at radius 3 is 2.60 bits per heavy atom. The summed E-state index contributed by atoms with van der Waals surface area (Å²) in [7, 11) is 0. The highest BCUT2D eigenvalue weighted by molar-refractivity contribution is 5.78. The van der Waals surface area contributed by atoms with Crippen molar-refractivity contribution in [2.75, 3.05) is 11.9 Å². The fourth-order valence-electron chi connectivity index (χ4n) is 2.34. The predicted molar refractivity (Wildman–Crippen MR) is 82.8 cm³/mol. The van der Waals surface area contributed by atoms with E-state index in [1.807, 2.05) is 36.4 Å². The fraction of sp³-hybridized carbons (Fsp3) is 0.176. The average Bonchev–Trinajstić information content (AvgIpc) is 2.90. The Morgan fingerprint density at radius 1 is 1.10 bits per heavy atom. The van der Waals surface area contributed by atoms with Crippen LogP contribution in [0.3, 0.4) is 0 Å². The smallest absolute Gasteiger partial charge is 0.134 e. The van der Waals surface area contributed by atoms with Crippen LogP contribution in [0.2, 0.25) is 0 Å². The largest absolute Gasteiger partial charge is 0.459 e. The van der Waals surface area contributed by atoms with Crippen LogP contribution in [-0.2, 0) is 0 Å². The molecule has 0 amide bonds. The lowest BCUT2D eigenvalue weighted by molar-refractivity contribution is 0.514. The van der Waals surface area contributed by atoms with E-state index in [2.05, 4.69) is 30.4 Å². The lowest BCUT2D eigenvalue weighted by Crippen LogP contribution is -2.20. The molecule has 0 radical (unpaired) electrons. The van der Waals surface area contributed by atoms with Gasteiger partial charge in [-0.15, -0.1) is 0 Å². The second-order valence-corrected chi connectivity index (χ2v) is 4.93. The van der Waals surface area contributed by atoms with Crippen molar-refractivity contribution >= 4 is 16.7 Å². The van der Waals surface area contributed by atoms with Crippen molar-refractivity contribution in [1.82, 2.24) is 0 Å². The summed E-state index contributed by atoms with van der Waals surface area (Å²) in [6, 6.07) is 18.2. The molecule has 0 bridgehead atoms. The van der Waals surface area contributed by atoms with E-state index in [9.17, 15) is 0 Å². The summed E-state index contributed by atoms with van der Waals surface area (Å²) in [6.07, 6.45) is 0. The van der Waals surface area contributed by atoms with Crippen LogP contribution in [0.15, 0.2) is 59.0 Å². The van der Waals surface area contributed by atoms with E-state index < -0.39 is 0 Å². The van der Waals surface area contributed by atoms with Crippen LogP contribution < -0.4 is 11.1 Å². The molecule has 3 rings (SSSR count). The Labute approximate surface area is 118 Å². The van der Waals surface area contributed by atoms with Crippen LogP contribution >= 0.6 is 0 Å². The molecule has 0 aliphatic carbocycles. The van der Waals surface area contributed by atoms with E-state index in [1.54, 1.807) is 0 Å². The molecule has 0 saturated carbocycles. The average molecular weight is 266 g/mol. The first-order valence-corrected chi connectivity index (χ1v) is 6.78. The maximum absolute atomic E-state index is 5.90. The minimum absolute atomic E-state index is 0.0245. The SMILES string of the molecule is Cc1ccccc1NC(CN)c1cc2ccccc2o1. The summed E-state index contributed by atoms with van der Waals surface area (Å²) in [5.41, 5.74) is 9.08. The minimum atomic E-state index is -0.0245. The molecule has 3 nitrogen and oxygen atoms in total. The van der Waals surface area contributed by atoms with Gasteiger partial charge in [0.25, 0.3) is 0 Å². The molecule has 0 aliphatic rings. The van der Waals surface area contributed by atoms with E-state index in [-0.39, 0.29) is 6.04 Å². The van der Waals surface area contributed by atoms with Crippen molar-refractivity contribution in [2.24, 2.45) is 5.73 Å². The number of furan rings is 1. The van der Waals surface area contributed by atoms with E-state index in [0.29, 0.717) is 6.54 Å². The van der Waals surface area contributed by atoms with Crippen LogP contribution in [-0.4, -0.2) is 6.54 Å². The van der Waals surface area contributed by atoms with Crippen LogP contribution in [0.1, 0.15) is 17.4 Å². The number of hydrogen-bond donors (Lipinski definition) is 2. The van der Waals surface area contributed by atoms with Crippen molar-refractivity contribution in [3.8, 4) is 0 Å². The van der Waals surface area contributed by atoms with Gasteiger partial charge >= 0.3 is 0 Å². The molecule has 3 N–H and O–H groups in total. The van der Waals surface area contributed by atoms with Gasteiger partial charge in [0.1, 0.15) is 11.3 Å². The summed E-state index contributed by atoms with van der Waals surface area (Å²) >= 11 is 0. The molecule has 2 aromatic carbocycles. The van der Waals surface area contributed by atoms with Gasteiger partial charge in [-0.25, -0.2) is 0 Å². The number of hydrogen-bond acceptors (Lipinski definition) is 3. The minimum Gasteiger partial charge on any atom is -0.459 e. The first-order valence-electron chi connectivity index (χ1n) is 6.78. The van der Waals surface area contributed by atoms with Crippen molar-refractivity contribution in [2.45, 2.75) is 13.0 Å². The van der Waals surface area contributed by atoms with Crippen LogP contribution in [0.4, 0.5) is 5.69 Å². The van der Waals surface area contributed by atoms with Gasteiger partial charge < -0.3 is 15.5 Å².